The fourth-order valence-corrected chi connectivity index (χ4v) is 1.76. The van der Waals surface area contributed by atoms with Crippen LogP contribution >= 0.6 is 0 Å². The summed E-state index contributed by atoms with van der Waals surface area (Å²) in [5, 5.41) is 4.14. The number of nitrogens with zero attached hydrogens (tertiary/aromatic N) is 2. The smallest absolute Gasteiger partial charge is 0.0492 e. The van der Waals surface area contributed by atoms with Crippen LogP contribution in [-0.2, 0) is 7.05 Å². The average Bonchev–Trinajstić information content (AvgIpc) is 2.30. The molecular weight excluding hydrogens is 162 g/mol. The quantitative estimate of drug-likeness (QED) is 0.770. The Morgan fingerprint density at radius 3 is 2.62 bits per heavy atom. The maximum atomic E-state index is 5.96. The maximum Gasteiger partial charge on any atom is 0.0492 e. The fourth-order valence-electron chi connectivity index (χ4n) is 1.76. The number of aromatic nitrogens is 2. The van der Waals surface area contributed by atoms with Crippen molar-refractivity contribution >= 4 is 0 Å². The predicted octanol–water partition coefficient (Wildman–Crippen LogP) is 1.65. The second-order valence-electron chi connectivity index (χ2n) is 4.47. The molecule has 0 aliphatic rings. The highest BCUT2D eigenvalue weighted by Gasteiger charge is 2.18. The third-order valence-corrected chi connectivity index (χ3v) is 2.20. The van der Waals surface area contributed by atoms with E-state index in [-0.39, 0.29) is 5.54 Å². The lowest BCUT2D eigenvalue weighted by atomic mass is 9.91. The molecule has 3 nitrogen and oxygen atoms in total. The van der Waals surface area contributed by atoms with Crippen molar-refractivity contribution in [2.75, 3.05) is 0 Å². The molecule has 1 aromatic heterocycles. The molecule has 0 aliphatic carbocycles. The van der Waals surface area contributed by atoms with E-state index < -0.39 is 0 Å². The first-order chi connectivity index (χ1) is 5.90. The highest BCUT2D eigenvalue weighted by Crippen LogP contribution is 2.23. The van der Waals surface area contributed by atoms with Crippen molar-refractivity contribution in [1.82, 2.24) is 9.78 Å². The van der Waals surface area contributed by atoms with Crippen LogP contribution in [0.5, 0.6) is 0 Å². The Labute approximate surface area is 79.9 Å². The summed E-state index contributed by atoms with van der Waals surface area (Å²) in [7, 11) is 1.97. The summed E-state index contributed by atoms with van der Waals surface area (Å²) < 4.78 is 1.91. The lowest BCUT2D eigenvalue weighted by Gasteiger charge is -2.23. The van der Waals surface area contributed by atoms with E-state index in [0.29, 0.717) is 5.92 Å². The van der Waals surface area contributed by atoms with Crippen molar-refractivity contribution in [1.29, 1.82) is 0 Å². The first-order valence-electron chi connectivity index (χ1n) is 4.67. The zero-order valence-electron chi connectivity index (χ0n) is 8.91. The Balaban J connectivity index is 2.69. The van der Waals surface area contributed by atoms with Gasteiger partial charge in [-0.1, -0.05) is 6.92 Å². The molecule has 0 fully saturated rings. The van der Waals surface area contributed by atoms with Gasteiger partial charge in [-0.25, -0.2) is 0 Å². The van der Waals surface area contributed by atoms with Gasteiger partial charge in [0.15, 0.2) is 0 Å². The summed E-state index contributed by atoms with van der Waals surface area (Å²) in [6.07, 6.45) is 2.81. The van der Waals surface area contributed by atoms with Crippen LogP contribution in [0.2, 0.25) is 0 Å². The van der Waals surface area contributed by atoms with Gasteiger partial charge in [-0.05, 0) is 32.3 Å². The molecule has 2 N–H and O–H groups in total. The third-order valence-electron chi connectivity index (χ3n) is 2.20. The van der Waals surface area contributed by atoms with Gasteiger partial charge in [0.05, 0.1) is 0 Å². The fraction of sp³-hybridized carbons (Fsp3) is 0.700. The Morgan fingerprint density at radius 1 is 1.62 bits per heavy atom. The van der Waals surface area contributed by atoms with Crippen LogP contribution in [0, 0.1) is 0 Å². The zero-order valence-corrected chi connectivity index (χ0v) is 8.91. The van der Waals surface area contributed by atoms with E-state index >= 15 is 0 Å². The van der Waals surface area contributed by atoms with Gasteiger partial charge in [-0.3, -0.25) is 4.68 Å². The molecule has 13 heavy (non-hydrogen) atoms. The van der Waals surface area contributed by atoms with Gasteiger partial charge in [0.1, 0.15) is 0 Å². The molecule has 0 saturated carbocycles. The van der Waals surface area contributed by atoms with Gasteiger partial charge in [-0.2, -0.15) is 5.10 Å². The van der Waals surface area contributed by atoms with Crippen LogP contribution in [0.25, 0.3) is 0 Å². The standard InChI is InChI=1S/C10H19N3/c1-8(7-10(2,3)11)9-5-6-12-13(9)4/h5-6,8H,7,11H2,1-4H3. The topological polar surface area (TPSA) is 43.8 Å². The lowest BCUT2D eigenvalue weighted by Crippen LogP contribution is -2.33. The van der Waals surface area contributed by atoms with E-state index in [2.05, 4.69) is 31.9 Å². The molecule has 0 bridgehead atoms. The Morgan fingerprint density at radius 2 is 2.23 bits per heavy atom. The molecule has 0 spiro atoms. The second kappa shape index (κ2) is 3.50. The Kier molecular flexibility index (Phi) is 2.76. The van der Waals surface area contributed by atoms with E-state index in [1.54, 1.807) is 0 Å². The van der Waals surface area contributed by atoms with Crippen molar-refractivity contribution in [2.24, 2.45) is 12.8 Å². The molecule has 74 valence electrons. The lowest BCUT2D eigenvalue weighted by molar-refractivity contribution is 0.425. The molecule has 1 atom stereocenters. The highest BCUT2D eigenvalue weighted by atomic mass is 15.3. The summed E-state index contributed by atoms with van der Waals surface area (Å²) in [5.74, 6) is 0.465. The zero-order chi connectivity index (χ0) is 10.1. The molecule has 0 amide bonds. The van der Waals surface area contributed by atoms with Crippen LogP contribution in [0.15, 0.2) is 12.3 Å². The van der Waals surface area contributed by atoms with E-state index in [9.17, 15) is 0 Å². The van der Waals surface area contributed by atoms with Gasteiger partial charge in [0, 0.05) is 24.5 Å². The van der Waals surface area contributed by atoms with Crippen LogP contribution < -0.4 is 5.73 Å². The molecule has 1 unspecified atom stereocenters. The van der Waals surface area contributed by atoms with Gasteiger partial charge in [0.25, 0.3) is 0 Å². The van der Waals surface area contributed by atoms with Crippen molar-refractivity contribution in [3.05, 3.63) is 18.0 Å². The predicted molar refractivity (Wildman–Crippen MR) is 54.5 cm³/mol. The Hall–Kier alpha value is -0.830. The number of aryl methyl sites for hydroxylation is 1. The number of rotatable bonds is 3. The molecule has 0 aromatic carbocycles. The molecule has 0 radical (unpaired) electrons. The van der Waals surface area contributed by atoms with E-state index in [1.165, 1.54) is 5.69 Å². The minimum absolute atomic E-state index is 0.107. The second-order valence-corrected chi connectivity index (χ2v) is 4.47. The maximum absolute atomic E-state index is 5.96. The third kappa shape index (κ3) is 2.84. The van der Waals surface area contributed by atoms with E-state index in [1.807, 2.05) is 17.9 Å². The molecule has 0 aliphatic heterocycles. The molecule has 1 rings (SSSR count). The van der Waals surface area contributed by atoms with Crippen LogP contribution in [0.3, 0.4) is 0 Å². The molecular formula is C10H19N3. The summed E-state index contributed by atoms with van der Waals surface area (Å²) >= 11 is 0. The van der Waals surface area contributed by atoms with Crippen molar-refractivity contribution in [3.8, 4) is 0 Å². The van der Waals surface area contributed by atoms with E-state index in [4.69, 9.17) is 5.73 Å². The van der Waals surface area contributed by atoms with Gasteiger partial charge >= 0.3 is 0 Å². The average molecular weight is 181 g/mol. The number of nitrogens with two attached hydrogens (primary N) is 1. The van der Waals surface area contributed by atoms with Gasteiger partial charge < -0.3 is 5.73 Å². The molecule has 3 heteroatoms. The van der Waals surface area contributed by atoms with Gasteiger partial charge in [0.2, 0.25) is 0 Å². The molecule has 1 heterocycles. The first kappa shape index (κ1) is 10.3. The Bertz CT molecular complexity index is 270. The summed E-state index contributed by atoms with van der Waals surface area (Å²) in [4.78, 5) is 0. The minimum atomic E-state index is -0.107. The van der Waals surface area contributed by atoms with E-state index in [0.717, 1.165) is 6.42 Å². The minimum Gasteiger partial charge on any atom is -0.326 e. The van der Waals surface area contributed by atoms with Crippen molar-refractivity contribution in [3.63, 3.8) is 0 Å². The number of hydrogen-bond donors (Lipinski definition) is 1. The SMILES string of the molecule is CC(CC(C)(C)N)c1ccnn1C. The first-order valence-corrected chi connectivity index (χ1v) is 4.67. The van der Waals surface area contributed by atoms with Crippen molar-refractivity contribution < 1.29 is 0 Å². The normalized spacial score (nSPS) is 14.5. The summed E-state index contributed by atoms with van der Waals surface area (Å²) in [6, 6.07) is 2.05. The summed E-state index contributed by atoms with van der Waals surface area (Å²) in [6.45, 7) is 6.30. The van der Waals surface area contributed by atoms with Crippen LogP contribution in [0.4, 0.5) is 0 Å². The largest absolute Gasteiger partial charge is 0.326 e. The van der Waals surface area contributed by atoms with Crippen LogP contribution in [0.1, 0.15) is 38.8 Å². The number of hydrogen-bond acceptors (Lipinski definition) is 2. The monoisotopic (exact) mass is 181 g/mol. The van der Waals surface area contributed by atoms with Crippen LogP contribution in [-0.4, -0.2) is 15.3 Å². The summed E-state index contributed by atoms with van der Waals surface area (Å²) in [5.41, 5.74) is 7.10. The molecule has 0 saturated heterocycles. The van der Waals surface area contributed by atoms with Gasteiger partial charge in [-0.15, -0.1) is 0 Å². The van der Waals surface area contributed by atoms with Crippen molar-refractivity contribution in [2.45, 2.75) is 38.6 Å². The highest BCUT2D eigenvalue weighted by molar-refractivity contribution is 5.07. The molecule has 1 aromatic rings.